The van der Waals surface area contributed by atoms with Gasteiger partial charge in [0.15, 0.2) is 0 Å². The van der Waals surface area contributed by atoms with E-state index in [1.807, 2.05) is 31.2 Å². The van der Waals surface area contributed by atoms with Gasteiger partial charge in [0.25, 0.3) is 0 Å². The van der Waals surface area contributed by atoms with E-state index in [1.54, 1.807) is 30.3 Å². The van der Waals surface area contributed by atoms with Crippen molar-refractivity contribution in [3.05, 3.63) is 60.2 Å². The van der Waals surface area contributed by atoms with Crippen LogP contribution >= 0.6 is 0 Å². The second kappa shape index (κ2) is 8.35. The number of hydrogen-bond donors (Lipinski definition) is 0. The third-order valence-corrected chi connectivity index (χ3v) is 5.43. The molecule has 0 saturated carbocycles. The Kier molecular flexibility index (Phi) is 5.91. The molecule has 0 aliphatic rings. The number of nitrogens with zero attached hydrogens (tertiary/aromatic N) is 3. The van der Waals surface area contributed by atoms with Gasteiger partial charge in [-0.1, -0.05) is 54.8 Å². The Morgan fingerprint density at radius 2 is 1.85 bits per heavy atom. The predicted octanol–water partition coefficient (Wildman–Crippen LogP) is 4.52. The largest absolute Gasteiger partial charge is 0.358 e. The lowest BCUT2D eigenvalue weighted by Crippen LogP contribution is -2.11. The van der Waals surface area contributed by atoms with Crippen LogP contribution in [0.5, 0.6) is 0 Å². The summed E-state index contributed by atoms with van der Waals surface area (Å²) in [4.78, 5) is 0.108. The van der Waals surface area contributed by atoms with E-state index in [0.717, 1.165) is 24.8 Å². The summed E-state index contributed by atoms with van der Waals surface area (Å²) in [5, 5.41) is 8.19. The SMILES string of the molecule is CCCCCC=C(OS(=O)(=O)c1ccc(C)cc1)n1nnc2ccccc21. The summed E-state index contributed by atoms with van der Waals surface area (Å²) < 4.78 is 32.4. The lowest BCUT2D eigenvalue weighted by Gasteiger charge is -2.11. The van der Waals surface area contributed by atoms with Crippen LogP contribution in [0.1, 0.15) is 38.2 Å². The molecule has 0 N–H and O–H groups in total. The van der Waals surface area contributed by atoms with Crippen LogP contribution in [0.25, 0.3) is 16.9 Å². The van der Waals surface area contributed by atoms with Crippen LogP contribution in [0, 0.1) is 6.92 Å². The molecule has 0 atom stereocenters. The van der Waals surface area contributed by atoms with Gasteiger partial charge in [0.1, 0.15) is 10.4 Å². The number of aryl methyl sites for hydroxylation is 1. The van der Waals surface area contributed by atoms with Gasteiger partial charge in [-0.05, 0) is 50.1 Å². The molecule has 0 radical (unpaired) electrons. The lowest BCUT2D eigenvalue weighted by molar-refractivity contribution is 0.435. The zero-order valence-corrected chi connectivity index (χ0v) is 16.3. The first kappa shape index (κ1) is 19.1. The van der Waals surface area contributed by atoms with Crippen molar-refractivity contribution >= 4 is 27.0 Å². The number of para-hydroxylation sites is 1. The van der Waals surface area contributed by atoms with Crippen LogP contribution in [0.4, 0.5) is 0 Å². The Labute approximate surface area is 159 Å². The molecule has 1 aromatic heterocycles. The second-order valence-electron chi connectivity index (χ2n) is 6.38. The molecule has 3 aromatic rings. The van der Waals surface area contributed by atoms with Gasteiger partial charge in [-0.2, -0.15) is 13.1 Å². The Morgan fingerprint density at radius 3 is 2.59 bits per heavy atom. The highest BCUT2D eigenvalue weighted by Gasteiger charge is 2.20. The van der Waals surface area contributed by atoms with Gasteiger partial charge >= 0.3 is 10.1 Å². The van der Waals surface area contributed by atoms with Gasteiger partial charge < -0.3 is 4.18 Å². The molecule has 1 heterocycles. The number of hydrogen-bond acceptors (Lipinski definition) is 5. The topological polar surface area (TPSA) is 74.1 Å². The van der Waals surface area contributed by atoms with Crippen molar-refractivity contribution in [2.45, 2.75) is 44.4 Å². The fourth-order valence-corrected chi connectivity index (χ4v) is 3.60. The Balaban J connectivity index is 1.96. The van der Waals surface area contributed by atoms with E-state index in [0.29, 0.717) is 17.5 Å². The zero-order valence-electron chi connectivity index (χ0n) is 15.5. The van der Waals surface area contributed by atoms with E-state index in [4.69, 9.17) is 4.18 Å². The summed E-state index contributed by atoms with van der Waals surface area (Å²) in [5.74, 6) is 0.153. The van der Waals surface area contributed by atoms with Gasteiger partial charge in [0.05, 0.1) is 5.52 Å². The second-order valence-corrected chi connectivity index (χ2v) is 7.92. The summed E-state index contributed by atoms with van der Waals surface area (Å²) in [6.45, 7) is 4.02. The lowest BCUT2D eigenvalue weighted by atomic mass is 10.2. The predicted molar refractivity (Wildman–Crippen MR) is 105 cm³/mol. The Hall–Kier alpha value is -2.67. The first-order valence-corrected chi connectivity index (χ1v) is 10.4. The molecule has 7 heteroatoms. The van der Waals surface area contributed by atoms with E-state index in [2.05, 4.69) is 17.2 Å². The molecule has 0 bridgehead atoms. The highest BCUT2D eigenvalue weighted by molar-refractivity contribution is 7.87. The third kappa shape index (κ3) is 4.54. The number of benzene rings is 2. The molecule has 0 aliphatic heterocycles. The van der Waals surface area contributed by atoms with Crippen molar-refractivity contribution in [3.8, 4) is 0 Å². The van der Waals surface area contributed by atoms with Crippen LogP contribution < -0.4 is 0 Å². The molecule has 0 fully saturated rings. The first-order chi connectivity index (χ1) is 13.0. The van der Waals surface area contributed by atoms with Crippen molar-refractivity contribution in [2.75, 3.05) is 0 Å². The van der Waals surface area contributed by atoms with E-state index in [1.165, 1.54) is 4.68 Å². The average Bonchev–Trinajstić information content (AvgIpc) is 3.08. The summed E-state index contributed by atoms with van der Waals surface area (Å²) >= 11 is 0. The molecule has 3 rings (SSSR count). The van der Waals surface area contributed by atoms with Crippen LogP contribution in [0.2, 0.25) is 0 Å². The maximum atomic E-state index is 12.7. The molecule has 0 saturated heterocycles. The fourth-order valence-electron chi connectivity index (χ4n) is 2.67. The molecule has 6 nitrogen and oxygen atoms in total. The summed E-state index contributed by atoms with van der Waals surface area (Å²) in [6, 6.07) is 13.9. The van der Waals surface area contributed by atoms with Crippen LogP contribution in [-0.2, 0) is 14.3 Å². The van der Waals surface area contributed by atoms with E-state index in [9.17, 15) is 8.42 Å². The molecular formula is C20H23N3O3S. The standard InChI is InChI=1S/C20H23N3O3S/c1-3-4-5-6-11-20(23-19-10-8-7-9-18(19)21-22-23)26-27(24,25)17-14-12-16(2)13-15-17/h7-15H,3-6H2,1-2H3. The number of unbranched alkanes of at least 4 members (excludes halogenated alkanes) is 3. The molecule has 0 spiro atoms. The monoisotopic (exact) mass is 385 g/mol. The van der Waals surface area contributed by atoms with Gasteiger partial charge in [-0.25, -0.2) is 0 Å². The van der Waals surface area contributed by atoms with Gasteiger partial charge in [-0.15, -0.1) is 5.10 Å². The Morgan fingerprint density at radius 1 is 1.11 bits per heavy atom. The normalized spacial score (nSPS) is 12.4. The maximum absolute atomic E-state index is 12.7. The summed E-state index contributed by atoms with van der Waals surface area (Å²) in [6.07, 6.45) is 5.55. The first-order valence-electron chi connectivity index (χ1n) is 9.03. The molecule has 0 aliphatic carbocycles. The smallest absolute Gasteiger partial charge is 0.340 e. The highest BCUT2D eigenvalue weighted by atomic mass is 32.2. The highest BCUT2D eigenvalue weighted by Crippen LogP contribution is 2.22. The molecule has 142 valence electrons. The molecule has 0 amide bonds. The van der Waals surface area contributed by atoms with Crippen LogP contribution in [0.15, 0.2) is 59.5 Å². The Bertz CT molecular complexity index is 1040. The van der Waals surface area contributed by atoms with Crippen molar-refractivity contribution in [2.24, 2.45) is 0 Å². The maximum Gasteiger partial charge on any atom is 0.340 e. The minimum Gasteiger partial charge on any atom is -0.358 e. The van der Waals surface area contributed by atoms with Gasteiger partial charge in [-0.3, -0.25) is 0 Å². The zero-order chi connectivity index (χ0) is 19.3. The van der Waals surface area contributed by atoms with Gasteiger partial charge in [0.2, 0.25) is 5.88 Å². The number of allylic oxidation sites excluding steroid dienone is 1. The van der Waals surface area contributed by atoms with E-state index in [-0.39, 0.29) is 10.8 Å². The molecule has 27 heavy (non-hydrogen) atoms. The number of aromatic nitrogens is 3. The molecular weight excluding hydrogens is 362 g/mol. The van der Waals surface area contributed by atoms with E-state index >= 15 is 0 Å². The fraction of sp³-hybridized carbons (Fsp3) is 0.300. The van der Waals surface area contributed by atoms with Crippen molar-refractivity contribution in [3.63, 3.8) is 0 Å². The van der Waals surface area contributed by atoms with E-state index < -0.39 is 10.1 Å². The van der Waals surface area contributed by atoms with Crippen molar-refractivity contribution in [1.29, 1.82) is 0 Å². The van der Waals surface area contributed by atoms with Crippen molar-refractivity contribution in [1.82, 2.24) is 15.0 Å². The third-order valence-electron chi connectivity index (χ3n) is 4.19. The minimum absolute atomic E-state index is 0.108. The summed E-state index contributed by atoms with van der Waals surface area (Å²) in [5.41, 5.74) is 2.35. The molecule has 2 aromatic carbocycles. The van der Waals surface area contributed by atoms with Gasteiger partial charge in [0, 0.05) is 0 Å². The minimum atomic E-state index is -3.97. The van der Waals surface area contributed by atoms with Crippen LogP contribution in [-0.4, -0.2) is 23.4 Å². The number of fused-ring (bicyclic) bond motifs is 1. The molecule has 0 unspecified atom stereocenters. The summed E-state index contributed by atoms with van der Waals surface area (Å²) in [7, 11) is -3.97. The average molecular weight is 385 g/mol. The number of rotatable bonds is 8. The quantitative estimate of drug-likeness (QED) is 0.324. The van der Waals surface area contributed by atoms with Crippen LogP contribution in [0.3, 0.4) is 0 Å². The van der Waals surface area contributed by atoms with Crippen molar-refractivity contribution < 1.29 is 12.6 Å².